The van der Waals surface area contributed by atoms with Crippen molar-refractivity contribution < 1.29 is 9.53 Å². The van der Waals surface area contributed by atoms with Crippen molar-refractivity contribution in [3.05, 3.63) is 0 Å². The summed E-state index contributed by atoms with van der Waals surface area (Å²) in [6.45, 7) is 5.93. The van der Waals surface area contributed by atoms with Crippen molar-refractivity contribution in [1.82, 2.24) is 0 Å². The molecular formula is C10H19ClO2. The zero-order valence-corrected chi connectivity index (χ0v) is 9.49. The molecule has 78 valence electrons. The van der Waals surface area contributed by atoms with Gasteiger partial charge in [-0.2, -0.15) is 0 Å². The van der Waals surface area contributed by atoms with E-state index in [0.717, 1.165) is 12.8 Å². The molecule has 0 spiro atoms. The maximum atomic E-state index is 11.1. The first-order valence-corrected chi connectivity index (χ1v) is 5.22. The van der Waals surface area contributed by atoms with E-state index >= 15 is 0 Å². The molecule has 0 unspecified atom stereocenters. The molecule has 0 fully saturated rings. The molecule has 0 bridgehead atoms. The van der Waals surface area contributed by atoms with Crippen LogP contribution in [0.25, 0.3) is 0 Å². The molecule has 3 heteroatoms. The summed E-state index contributed by atoms with van der Waals surface area (Å²) in [5.74, 6) is -0.328. The second-order valence-electron chi connectivity index (χ2n) is 3.67. The summed E-state index contributed by atoms with van der Waals surface area (Å²) >= 11 is 5.75. The molecule has 0 rings (SSSR count). The van der Waals surface area contributed by atoms with Crippen LogP contribution in [0.4, 0.5) is 0 Å². The lowest BCUT2D eigenvalue weighted by atomic mass is 10.2. The first-order valence-electron chi connectivity index (χ1n) is 4.84. The quantitative estimate of drug-likeness (QED) is 0.379. The van der Waals surface area contributed by atoms with E-state index in [9.17, 15) is 4.79 Å². The molecule has 0 aliphatic carbocycles. The van der Waals surface area contributed by atoms with Gasteiger partial charge in [0, 0.05) is 0 Å². The van der Waals surface area contributed by atoms with Crippen LogP contribution in [0.5, 0.6) is 0 Å². The Morgan fingerprint density at radius 2 is 1.92 bits per heavy atom. The van der Waals surface area contributed by atoms with Gasteiger partial charge in [-0.05, 0) is 20.3 Å². The maximum absolute atomic E-state index is 11.1. The number of ether oxygens (including phenoxy) is 1. The lowest BCUT2D eigenvalue weighted by Gasteiger charge is -2.13. The van der Waals surface area contributed by atoms with Gasteiger partial charge >= 0.3 is 5.97 Å². The van der Waals surface area contributed by atoms with Crippen LogP contribution in [-0.4, -0.2) is 17.5 Å². The van der Waals surface area contributed by atoms with Gasteiger partial charge in [-0.25, -0.2) is 0 Å². The molecule has 0 aromatic carbocycles. The largest absolute Gasteiger partial charge is 0.464 e. The fourth-order valence-electron chi connectivity index (χ4n) is 0.865. The van der Waals surface area contributed by atoms with E-state index in [-0.39, 0.29) is 5.97 Å². The molecule has 0 aliphatic rings. The normalized spacial score (nSPS) is 11.4. The Kier molecular flexibility index (Phi) is 6.13. The number of halogens is 1. The van der Waals surface area contributed by atoms with Gasteiger partial charge in [0.25, 0.3) is 0 Å². The summed E-state index contributed by atoms with van der Waals surface area (Å²) in [5.41, 5.74) is 0. The van der Waals surface area contributed by atoms with E-state index in [1.807, 2.05) is 0 Å². The van der Waals surface area contributed by atoms with Crippen molar-refractivity contribution in [2.24, 2.45) is 0 Å². The number of alkyl halides is 1. The van der Waals surface area contributed by atoms with Crippen LogP contribution in [0.3, 0.4) is 0 Å². The summed E-state index contributed by atoms with van der Waals surface area (Å²) in [6.07, 6.45) is 4.44. The number of esters is 1. The second kappa shape index (κ2) is 6.25. The Balaban J connectivity index is 3.38. The highest BCUT2D eigenvalue weighted by Gasteiger charge is 2.25. The molecule has 2 nitrogen and oxygen atoms in total. The molecular weight excluding hydrogens is 188 g/mol. The van der Waals surface area contributed by atoms with Gasteiger partial charge in [0.1, 0.15) is 4.87 Å². The van der Waals surface area contributed by atoms with Crippen LogP contribution >= 0.6 is 11.6 Å². The summed E-state index contributed by atoms with van der Waals surface area (Å²) in [7, 11) is 0. The van der Waals surface area contributed by atoms with Gasteiger partial charge in [0.15, 0.2) is 0 Å². The zero-order chi connectivity index (χ0) is 10.3. The predicted octanol–water partition coefficient (Wildman–Crippen LogP) is 3.13. The standard InChI is InChI=1S/C10H19ClO2/c1-4-5-6-7-8-13-9(12)10(2,3)11/h4-8H2,1-3H3. The van der Waals surface area contributed by atoms with Gasteiger partial charge in [-0.15, -0.1) is 11.6 Å². The number of hydrogen-bond acceptors (Lipinski definition) is 2. The summed E-state index contributed by atoms with van der Waals surface area (Å²) < 4.78 is 4.98. The second-order valence-corrected chi connectivity index (χ2v) is 4.61. The molecule has 0 aliphatic heterocycles. The molecule has 0 aromatic heterocycles. The van der Waals surface area contributed by atoms with Crippen molar-refractivity contribution in [3.8, 4) is 0 Å². The van der Waals surface area contributed by atoms with Crippen LogP contribution in [0.15, 0.2) is 0 Å². The Bertz CT molecular complexity index is 149. The molecule has 13 heavy (non-hydrogen) atoms. The third-order valence-electron chi connectivity index (χ3n) is 1.72. The monoisotopic (exact) mass is 206 g/mol. The highest BCUT2D eigenvalue weighted by Crippen LogP contribution is 2.14. The Labute approximate surface area is 85.6 Å². The summed E-state index contributed by atoms with van der Waals surface area (Å²) in [6, 6.07) is 0. The highest BCUT2D eigenvalue weighted by molar-refractivity contribution is 6.33. The van der Waals surface area contributed by atoms with Crippen LogP contribution < -0.4 is 0 Å². The fraction of sp³-hybridized carbons (Fsp3) is 0.900. The van der Waals surface area contributed by atoms with Crippen LogP contribution in [0, 0.1) is 0 Å². The van der Waals surface area contributed by atoms with Crippen LogP contribution in [0.1, 0.15) is 46.5 Å². The Morgan fingerprint density at radius 3 is 2.38 bits per heavy atom. The molecule has 0 heterocycles. The van der Waals surface area contributed by atoms with Crippen molar-refractivity contribution in [3.63, 3.8) is 0 Å². The highest BCUT2D eigenvalue weighted by atomic mass is 35.5. The number of rotatable bonds is 6. The van der Waals surface area contributed by atoms with E-state index in [1.165, 1.54) is 12.8 Å². The minimum Gasteiger partial charge on any atom is -0.464 e. The molecule has 0 atom stereocenters. The number of hydrogen-bond donors (Lipinski definition) is 0. The van der Waals surface area contributed by atoms with E-state index in [4.69, 9.17) is 16.3 Å². The van der Waals surface area contributed by atoms with Crippen molar-refractivity contribution >= 4 is 17.6 Å². The van der Waals surface area contributed by atoms with E-state index in [2.05, 4.69) is 6.92 Å². The average molecular weight is 207 g/mol. The molecule has 0 saturated carbocycles. The van der Waals surface area contributed by atoms with E-state index in [0.29, 0.717) is 6.61 Å². The number of carbonyl (C=O) groups excluding carboxylic acids is 1. The average Bonchev–Trinajstić information content (AvgIpc) is 2.02. The third kappa shape index (κ3) is 6.88. The Hall–Kier alpha value is -0.240. The third-order valence-corrected chi connectivity index (χ3v) is 1.87. The Morgan fingerprint density at radius 1 is 1.31 bits per heavy atom. The summed E-state index contributed by atoms with van der Waals surface area (Å²) in [5, 5.41) is 0. The minimum atomic E-state index is -0.884. The fourth-order valence-corrected chi connectivity index (χ4v) is 0.920. The topological polar surface area (TPSA) is 26.3 Å². The maximum Gasteiger partial charge on any atom is 0.326 e. The van der Waals surface area contributed by atoms with Gasteiger partial charge in [0.2, 0.25) is 0 Å². The first kappa shape index (κ1) is 12.8. The van der Waals surface area contributed by atoms with Crippen LogP contribution in [0.2, 0.25) is 0 Å². The van der Waals surface area contributed by atoms with E-state index < -0.39 is 4.87 Å². The number of carbonyl (C=O) groups is 1. The number of unbranched alkanes of at least 4 members (excludes halogenated alkanes) is 3. The lowest BCUT2D eigenvalue weighted by Crippen LogP contribution is -2.27. The molecule has 0 aromatic rings. The van der Waals surface area contributed by atoms with Crippen molar-refractivity contribution in [2.75, 3.05) is 6.61 Å². The molecule has 0 radical (unpaired) electrons. The molecule has 0 N–H and O–H groups in total. The van der Waals surface area contributed by atoms with E-state index in [1.54, 1.807) is 13.8 Å². The summed E-state index contributed by atoms with van der Waals surface area (Å²) in [4.78, 5) is 10.3. The zero-order valence-electron chi connectivity index (χ0n) is 8.73. The van der Waals surface area contributed by atoms with Gasteiger partial charge in [-0.1, -0.05) is 26.2 Å². The minimum absolute atomic E-state index is 0.328. The lowest BCUT2D eigenvalue weighted by molar-refractivity contribution is -0.146. The van der Waals surface area contributed by atoms with Crippen LogP contribution in [-0.2, 0) is 9.53 Å². The first-order chi connectivity index (χ1) is 5.98. The predicted molar refractivity (Wildman–Crippen MR) is 55.0 cm³/mol. The van der Waals surface area contributed by atoms with Gasteiger partial charge < -0.3 is 4.74 Å². The molecule has 0 amide bonds. The van der Waals surface area contributed by atoms with Crippen molar-refractivity contribution in [2.45, 2.75) is 51.3 Å². The van der Waals surface area contributed by atoms with Crippen molar-refractivity contribution in [1.29, 1.82) is 0 Å². The van der Waals surface area contributed by atoms with Gasteiger partial charge in [0.05, 0.1) is 6.61 Å². The van der Waals surface area contributed by atoms with Gasteiger partial charge in [-0.3, -0.25) is 4.79 Å². The SMILES string of the molecule is CCCCCCOC(=O)C(C)(C)Cl. The smallest absolute Gasteiger partial charge is 0.326 e. The molecule has 0 saturated heterocycles.